The Kier molecular flexibility index (Phi) is 3.30. The summed E-state index contributed by atoms with van der Waals surface area (Å²) in [5.74, 6) is 3.43. The fraction of sp³-hybridized carbons (Fsp3) is 0.750. The number of halogens is 1. The van der Waals surface area contributed by atoms with Gasteiger partial charge in [-0.3, -0.25) is 5.10 Å². The number of thioether (sulfide) groups is 1. The van der Waals surface area contributed by atoms with Gasteiger partial charge in [0, 0.05) is 11.5 Å². The molecular formula is C8H12ClN3OS. The molecule has 1 fully saturated rings. The summed E-state index contributed by atoms with van der Waals surface area (Å²) in [5.41, 5.74) is 0. The molecule has 0 saturated carbocycles. The van der Waals surface area contributed by atoms with E-state index in [2.05, 4.69) is 15.2 Å². The van der Waals surface area contributed by atoms with Gasteiger partial charge in [-0.1, -0.05) is 0 Å². The van der Waals surface area contributed by atoms with Crippen LogP contribution in [0.25, 0.3) is 0 Å². The van der Waals surface area contributed by atoms with Crippen molar-refractivity contribution in [2.45, 2.75) is 18.4 Å². The molecule has 0 amide bonds. The Morgan fingerprint density at radius 2 is 2.57 bits per heavy atom. The molecule has 1 aromatic heterocycles. The topological polar surface area (TPSA) is 50.8 Å². The number of hydrogen-bond donors (Lipinski definition) is 1. The van der Waals surface area contributed by atoms with Gasteiger partial charge in [0.05, 0.1) is 12.0 Å². The first-order valence-electron chi connectivity index (χ1n) is 4.53. The highest BCUT2D eigenvalue weighted by Gasteiger charge is 2.20. The quantitative estimate of drug-likeness (QED) is 0.793. The van der Waals surface area contributed by atoms with Crippen LogP contribution in [0.2, 0.25) is 0 Å². The van der Waals surface area contributed by atoms with E-state index in [1.807, 2.05) is 18.7 Å². The molecule has 0 radical (unpaired) electrons. The number of nitrogens with zero attached hydrogens (tertiary/aromatic N) is 2. The minimum Gasteiger partial charge on any atom is -0.369 e. The summed E-state index contributed by atoms with van der Waals surface area (Å²) >= 11 is 7.73. The van der Waals surface area contributed by atoms with Crippen LogP contribution < -0.4 is 0 Å². The fourth-order valence-electron chi connectivity index (χ4n) is 1.26. The van der Waals surface area contributed by atoms with Crippen molar-refractivity contribution in [1.82, 2.24) is 15.2 Å². The van der Waals surface area contributed by atoms with E-state index in [0.29, 0.717) is 5.82 Å². The number of H-pyrrole nitrogens is 1. The number of hydrogen-bond acceptors (Lipinski definition) is 4. The molecule has 0 aliphatic carbocycles. The minimum absolute atomic E-state index is 0.0467. The van der Waals surface area contributed by atoms with Crippen molar-refractivity contribution in [2.75, 3.05) is 18.1 Å². The van der Waals surface area contributed by atoms with E-state index >= 15 is 0 Å². The lowest BCUT2D eigenvalue weighted by Crippen LogP contribution is -2.16. The number of alkyl halides is 1. The van der Waals surface area contributed by atoms with Crippen LogP contribution >= 0.6 is 23.4 Å². The standard InChI is InChI=1S/C8H12ClN3OS/c1-5(9)7-10-8(12-11-7)6-4-14-3-2-13-6/h5-6H,2-4H2,1H3,(H,10,11,12). The van der Waals surface area contributed by atoms with Crippen molar-refractivity contribution in [3.63, 3.8) is 0 Å². The summed E-state index contributed by atoms with van der Waals surface area (Å²) in [5, 5.41) is 6.75. The second-order valence-corrected chi connectivity index (χ2v) is 4.93. The Morgan fingerprint density at radius 1 is 1.71 bits per heavy atom. The molecule has 1 N–H and O–H groups in total. The summed E-state index contributed by atoms with van der Waals surface area (Å²) in [6.45, 7) is 2.63. The molecular weight excluding hydrogens is 222 g/mol. The molecule has 1 aliphatic heterocycles. The summed E-state index contributed by atoms with van der Waals surface area (Å²) in [6.07, 6.45) is 0.0467. The third kappa shape index (κ3) is 2.21. The Bertz CT molecular complexity index is 299. The van der Waals surface area contributed by atoms with Gasteiger partial charge < -0.3 is 4.74 Å². The zero-order valence-corrected chi connectivity index (χ0v) is 9.44. The van der Waals surface area contributed by atoms with E-state index in [9.17, 15) is 0 Å². The summed E-state index contributed by atoms with van der Waals surface area (Å²) < 4.78 is 5.56. The predicted octanol–water partition coefficient (Wildman–Crippen LogP) is 1.91. The van der Waals surface area contributed by atoms with Gasteiger partial charge in [0.1, 0.15) is 6.10 Å². The molecule has 2 heterocycles. The summed E-state index contributed by atoms with van der Waals surface area (Å²) in [7, 11) is 0. The molecule has 6 heteroatoms. The van der Waals surface area contributed by atoms with Gasteiger partial charge in [-0.15, -0.1) is 11.6 Å². The van der Waals surface area contributed by atoms with Gasteiger partial charge >= 0.3 is 0 Å². The summed E-state index contributed by atoms with van der Waals surface area (Å²) in [6, 6.07) is 0. The molecule has 0 spiro atoms. The van der Waals surface area contributed by atoms with Crippen LogP contribution in [-0.4, -0.2) is 33.3 Å². The average Bonchev–Trinajstić information content (AvgIpc) is 2.68. The lowest BCUT2D eigenvalue weighted by Gasteiger charge is -2.19. The first kappa shape index (κ1) is 10.3. The molecule has 78 valence electrons. The molecule has 1 aromatic rings. The molecule has 2 rings (SSSR count). The van der Waals surface area contributed by atoms with Crippen LogP contribution in [0.5, 0.6) is 0 Å². The van der Waals surface area contributed by atoms with Crippen molar-refractivity contribution < 1.29 is 4.74 Å². The largest absolute Gasteiger partial charge is 0.369 e. The Labute approximate surface area is 91.8 Å². The smallest absolute Gasteiger partial charge is 0.168 e. The lowest BCUT2D eigenvalue weighted by atomic mass is 10.4. The van der Waals surface area contributed by atoms with Crippen molar-refractivity contribution in [2.24, 2.45) is 0 Å². The van der Waals surface area contributed by atoms with E-state index < -0.39 is 0 Å². The first-order valence-corrected chi connectivity index (χ1v) is 6.12. The van der Waals surface area contributed by atoms with E-state index in [1.165, 1.54) is 0 Å². The molecule has 0 aromatic carbocycles. The maximum Gasteiger partial charge on any atom is 0.168 e. The van der Waals surface area contributed by atoms with E-state index in [1.54, 1.807) is 0 Å². The number of aromatic amines is 1. The van der Waals surface area contributed by atoms with Crippen LogP contribution in [0, 0.1) is 0 Å². The molecule has 1 saturated heterocycles. The number of rotatable bonds is 2. The summed E-state index contributed by atoms with van der Waals surface area (Å²) in [4.78, 5) is 4.30. The second-order valence-electron chi connectivity index (χ2n) is 3.13. The lowest BCUT2D eigenvalue weighted by molar-refractivity contribution is 0.0696. The third-order valence-corrected chi connectivity index (χ3v) is 3.19. The number of aromatic nitrogens is 3. The van der Waals surface area contributed by atoms with Crippen molar-refractivity contribution in [3.8, 4) is 0 Å². The Balaban J connectivity index is 2.07. The highest BCUT2D eigenvalue weighted by molar-refractivity contribution is 7.99. The highest BCUT2D eigenvalue weighted by Crippen LogP contribution is 2.25. The average molecular weight is 234 g/mol. The van der Waals surface area contributed by atoms with Crippen LogP contribution in [-0.2, 0) is 4.74 Å². The SMILES string of the molecule is CC(Cl)c1n[nH]c(C2CSCCO2)n1. The van der Waals surface area contributed by atoms with Crippen molar-refractivity contribution >= 4 is 23.4 Å². The normalized spacial score (nSPS) is 24.9. The minimum atomic E-state index is -0.156. The Hall–Kier alpha value is -0.260. The maximum absolute atomic E-state index is 5.86. The number of ether oxygens (including phenoxy) is 1. The van der Waals surface area contributed by atoms with Gasteiger partial charge in [0.25, 0.3) is 0 Å². The van der Waals surface area contributed by atoms with Gasteiger partial charge in [0.15, 0.2) is 11.6 Å². The van der Waals surface area contributed by atoms with E-state index in [0.717, 1.165) is 23.9 Å². The van der Waals surface area contributed by atoms with Gasteiger partial charge in [0.2, 0.25) is 0 Å². The zero-order chi connectivity index (χ0) is 9.97. The maximum atomic E-state index is 5.86. The second kappa shape index (κ2) is 4.51. The van der Waals surface area contributed by atoms with Crippen LogP contribution in [0.3, 0.4) is 0 Å². The van der Waals surface area contributed by atoms with Gasteiger partial charge in [-0.2, -0.15) is 16.9 Å². The highest BCUT2D eigenvalue weighted by atomic mass is 35.5. The van der Waals surface area contributed by atoms with Crippen molar-refractivity contribution in [1.29, 1.82) is 0 Å². The Morgan fingerprint density at radius 3 is 3.14 bits per heavy atom. The van der Waals surface area contributed by atoms with Crippen molar-refractivity contribution in [3.05, 3.63) is 11.6 Å². The molecule has 4 nitrogen and oxygen atoms in total. The third-order valence-electron chi connectivity index (χ3n) is 2.00. The van der Waals surface area contributed by atoms with Crippen LogP contribution in [0.15, 0.2) is 0 Å². The molecule has 2 atom stereocenters. The van der Waals surface area contributed by atoms with Gasteiger partial charge in [-0.25, -0.2) is 4.98 Å². The van der Waals surface area contributed by atoms with Crippen LogP contribution in [0.4, 0.5) is 0 Å². The molecule has 0 bridgehead atoms. The number of nitrogens with one attached hydrogen (secondary N) is 1. The van der Waals surface area contributed by atoms with E-state index in [-0.39, 0.29) is 11.5 Å². The monoisotopic (exact) mass is 233 g/mol. The molecule has 14 heavy (non-hydrogen) atoms. The molecule has 1 aliphatic rings. The van der Waals surface area contributed by atoms with Crippen LogP contribution in [0.1, 0.15) is 30.1 Å². The molecule has 2 unspecified atom stereocenters. The predicted molar refractivity (Wildman–Crippen MR) is 56.7 cm³/mol. The van der Waals surface area contributed by atoms with Gasteiger partial charge in [-0.05, 0) is 6.92 Å². The van der Waals surface area contributed by atoms with E-state index in [4.69, 9.17) is 16.3 Å². The fourth-order valence-corrected chi connectivity index (χ4v) is 2.20. The zero-order valence-electron chi connectivity index (χ0n) is 7.86. The first-order chi connectivity index (χ1) is 6.77.